The van der Waals surface area contributed by atoms with Gasteiger partial charge in [-0.3, -0.25) is 0 Å². The first-order valence-electron chi connectivity index (χ1n) is 6.46. The minimum atomic E-state index is 0.584. The van der Waals surface area contributed by atoms with E-state index in [-0.39, 0.29) is 0 Å². The Hall–Kier alpha value is -1.90. The molecule has 0 aliphatic heterocycles. The molecule has 0 heterocycles. The zero-order chi connectivity index (χ0) is 13.3. The van der Waals surface area contributed by atoms with Gasteiger partial charge in [0.15, 0.2) is 0 Å². The van der Waals surface area contributed by atoms with Crippen LogP contribution in [0.3, 0.4) is 0 Å². The van der Waals surface area contributed by atoms with Crippen molar-refractivity contribution in [3.05, 3.63) is 77.4 Å². The van der Waals surface area contributed by atoms with Gasteiger partial charge in [-0.25, -0.2) is 0 Å². The van der Waals surface area contributed by atoms with Crippen LogP contribution in [0.4, 0.5) is 0 Å². The molecular formula is C17H19NO. The van der Waals surface area contributed by atoms with Crippen LogP contribution in [0.15, 0.2) is 60.7 Å². The number of rotatable bonds is 6. The van der Waals surface area contributed by atoms with Gasteiger partial charge in [0.2, 0.25) is 0 Å². The summed E-state index contributed by atoms with van der Waals surface area (Å²) >= 11 is 0. The summed E-state index contributed by atoms with van der Waals surface area (Å²) in [6.07, 6.45) is 4.10. The highest BCUT2D eigenvalue weighted by atomic mass is 16.5. The van der Waals surface area contributed by atoms with Crippen LogP contribution in [0.2, 0.25) is 0 Å². The van der Waals surface area contributed by atoms with E-state index in [2.05, 4.69) is 30.3 Å². The van der Waals surface area contributed by atoms with Gasteiger partial charge >= 0.3 is 0 Å². The summed E-state index contributed by atoms with van der Waals surface area (Å²) in [5.74, 6) is 0. The van der Waals surface area contributed by atoms with Crippen LogP contribution in [0.1, 0.15) is 16.7 Å². The van der Waals surface area contributed by atoms with Crippen LogP contribution < -0.4 is 5.73 Å². The third-order valence-corrected chi connectivity index (χ3v) is 2.85. The molecule has 0 radical (unpaired) electrons. The van der Waals surface area contributed by atoms with E-state index in [0.717, 1.165) is 5.56 Å². The zero-order valence-corrected chi connectivity index (χ0v) is 11.0. The molecule has 0 spiro atoms. The van der Waals surface area contributed by atoms with E-state index in [1.807, 2.05) is 36.4 Å². The smallest absolute Gasteiger partial charge is 0.0721 e. The maximum Gasteiger partial charge on any atom is 0.0721 e. The summed E-state index contributed by atoms with van der Waals surface area (Å²) in [6.45, 7) is 1.83. The van der Waals surface area contributed by atoms with Gasteiger partial charge in [-0.05, 0) is 16.7 Å². The minimum Gasteiger partial charge on any atom is -0.373 e. The van der Waals surface area contributed by atoms with E-state index in [1.54, 1.807) is 0 Å². The summed E-state index contributed by atoms with van der Waals surface area (Å²) in [4.78, 5) is 0. The van der Waals surface area contributed by atoms with Crippen LogP contribution in [0.25, 0.3) is 6.08 Å². The van der Waals surface area contributed by atoms with Crippen LogP contribution in [-0.4, -0.2) is 6.61 Å². The molecule has 0 amide bonds. The number of hydrogen-bond donors (Lipinski definition) is 1. The van der Waals surface area contributed by atoms with Crippen molar-refractivity contribution in [3.8, 4) is 0 Å². The summed E-state index contributed by atoms with van der Waals surface area (Å²) in [5.41, 5.74) is 9.07. The Balaban J connectivity index is 1.73. The molecule has 2 rings (SSSR count). The zero-order valence-electron chi connectivity index (χ0n) is 11.0. The number of hydrogen-bond acceptors (Lipinski definition) is 2. The lowest BCUT2D eigenvalue weighted by molar-refractivity contribution is 0.149. The van der Waals surface area contributed by atoms with Gasteiger partial charge in [0.05, 0.1) is 13.2 Å². The molecule has 0 fully saturated rings. The topological polar surface area (TPSA) is 35.2 Å². The van der Waals surface area contributed by atoms with Crippen molar-refractivity contribution in [1.29, 1.82) is 0 Å². The lowest BCUT2D eigenvalue weighted by Crippen LogP contribution is -1.97. The Labute approximate surface area is 114 Å². The Morgan fingerprint density at radius 3 is 2.26 bits per heavy atom. The third kappa shape index (κ3) is 4.70. The summed E-state index contributed by atoms with van der Waals surface area (Å²) in [6, 6.07) is 18.4. The second-order valence-electron chi connectivity index (χ2n) is 4.35. The van der Waals surface area contributed by atoms with Crippen molar-refractivity contribution in [2.75, 3.05) is 6.61 Å². The maximum absolute atomic E-state index is 5.60. The summed E-state index contributed by atoms with van der Waals surface area (Å²) in [7, 11) is 0. The largest absolute Gasteiger partial charge is 0.373 e. The van der Waals surface area contributed by atoms with Crippen molar-refractivity contribution in [1.82, 2.24) is 0 Å². The molecular weight excluding hydrogens is 234 g/mol. The predicted octanol–water partition coefficient (Wildman–Crippen LogP) is 3.38. The standard InChI is InChI=1S/C17H19NO/c18-13-16-8-10-17(11-9-16)14-19-12-4-7-15-5-2-1-3-6-15/h1-11H,12-14,18H2. The predicted molar refractivity (Wildman–Crippen MR) is 79.5 cm³/mol. The van der Waals surface area contributed by atoms with Gasteiger partial charge in [0.1, 0.15) is 0 Å². The van der Waals surface area contributed by atoms with Gasteiger partial charge in [-0.2, -0.15) is 0 Å². The highest BCUT2D eigenvalue weighted by molar-refractivity contribution is 5.48. The fourth-order valence-electron chi connectivity index (χ4n) is 1.76. The molecule has 0 bridgehead atoms. The quantitative estimate of drug-likeness (QED) is 0.801. The molecule has 19 heavy (non-hydrogen) atoms. The molecule has 2 nitrogen and oxygen atoms in total. The average molecular weight is 253 g/mol. The van der Waals surface area contributed by atoms with E-state index in [1.165, 1.54) is 11.1 Å². The highest BCUT2D eigenvalue weighted by Crippen LogP contribution is 2.05. The first-order chi connectivity index (χ1) is 9.38. The van der Waals surface area contributed by atoms with Gasteiger partial charge in [0.25, 0.3) is 0 Å². The molecule has 0 aliphatic carbocycles. The Kier molecular flexibility index (Phi) is 5.35. The van der Waals surface area contributed by atoms with Crippen LogP contribution in [-0.2, 0) is 17.9 Å². The summed E-state index contributed by atoms with van der Waals surface area (Å²) < 4.78 is 5.60. The van der Waals surface area contributed by atoms with Crippen molar-refractivity contribution < 1.29 is 4.74 Å². The monoisotopic (exact) mass is 253 g/mol. The van der Waals surface area contributed by atoms with E-state index in [4.69, 9.17) is 10.5 Å². The second kappa shape index (κ2) is 7.52. The molecule has 0 saturated carbocycles. The third-order valence-electron chi connectivity index (χ3n) is 2.85. The van der Waals surface area contributed by atoms with Crippen LogP contribution >= 0.6 is 0 Å². The number of benzene rings is 2. The van der Waals surface area contributed by atoms with Gasteiger partial charge < -0.3 is 10.5 Å². The molecule has 0 atom stereocenters. The Morgan fingerprint density at radius 1 is 0.895 bits per heavy atom. The Morgan fingerprint density at radius 2 is 1.58 bits per heavy atom. The van der Waals surface area contributed by atoms with Crippen molar-refractivity contribution in [2.45, 2.75) is 13.2 Å². The fraction of sp³-hybridized carbons (Fsp3) is 0.176. The molecule has 2 heteroatoms. The fourth-order valence-corrected chi connectivity index (χ4v) is 1.76. The van der Waals surface area contributed by atoms with Crippen LogP contribution in [0, 0.1) is 0 Å². The average Bonchev–Trinajstić information content (AvgIpc) is 2.49. The van der Waals surface area contributed by atoms with E-state index >= 15 is 0 Å². The van der Waals surface area contributed by atoms with Gasteiger partial charge in [0, 0.05) is 6.54 Å². The van der Waals surface area contributed by atoms with E-state index in [0.29, 0.717) is 19.8 Å². The van der Waals surface area contributed by atoms with E-state index < -0.39 is 0 Å². The molecule has 2 N–H and O–H groups in total. The molecule has 0 saturated heterocycles. The maximum atomic E-state index is 5.60. The lowest BCUT2D eigenvalue weighted by atomic mass is 10.1. The Bertz CT molecular complexity index is 503. The van der Waals surface area contributed by atoms with E-state index in [9.17, 15) is 0 Å². The minimum absolute atomic E-state index is 0.584. The normalized spacial score (nSPS) is 11.0. The van der Waals surface area contributed by atoms with Crippen molar-refractivity contribution >= 4 is 6.08 Å². The number of nitrogens with two attached hydrogens (primary N) is 1. The molecule has 0 aromatic heterocycles. The molecule has 98 valence electrons. The van der Waals surface area contributed by atoms with Crippen molar-refractivity contribution in [2.24, 2.45) is 5.73 Å². The second-order valence-corrected chi connectivity index (χ2v) is 4.35. The molecule has 2 aromatic rings. The highest BCUT2D eigenvalue weighted by Gasteiger charge is 1.93. The van der Waals surface area contributed by atoms with Gasteiger partial charge in [-0.1, -0.05) is 66.7 Å². The van der Waals surface area contributed by atoms with Crippen LogP contribution in [0.5, 0.6) is 0 Å². The first kappa shape index (κ1) is 13.5. The first-order valence-corrected chi connectivity index (χ1v) is 6.46. The van der Waals surface area contributed by atoms with Gasteiger partial charge in [-0.15, -0.1) is 0 Å². The number of ether oxygens (including phenoxy) is 1. The molecule has 2 aromatic carbocycles. The summed E-state index contributed by atoms with van der Waals surface area (Å²) in [5, 5.41) is 0. The lowest BCUT2D eigenvalue weighted by Gasteiger charge is -2.03. The molecule has 0 aliphatic rings. The SMILES string of the molecule is NCc1ccc(COCC=Cc2ccccc2)cc1. The molecule has 0 unspecified atom stereocenters. The van der Waals surface area contributed by atoms with Crippen molar-refractivity contribution in [3.63, 3.8) is 0 Å².